The van der Waals surface area contributed by atoms with Gasteiger partial charge in [-0.2, -0.15) is 5.26 Å². The first-order valence-electron chi connectivity index (χ1n) is 15.3. The average Bonchev–Trinajstić information content (AvgIpc) is 3.75. The molecule has 1 amide bonds. The van der Waals surface area contributed by atoms with E-state index in [9.17, 15) is 14.9 Å². The zero-order valence-electron chi connectivity index (χ0n) is 26.8. The van der Waals surface area contributed by atoms with E-state index in [1.165, 1.54) is 11.1 Å². The number of carbonyl (C=O) groups is 2. The molecule has 1 aromatic carbocycles. The number of amides is 1. The zero-order chi connectivity index (χ0) is 32.4. The van der Waals surface area contributed by atoms with Crippen LogP contribution in [0, 0.1) is 11.3 Å². The number of esters is 1. The number of aromatic nitrogens is 4. The van der Waals surface area contributed by atoms with Crippen molar-refractivity contribution in [2.45, 2.75) is 83.8 Å². The molecule has 0 N–H and O–H groups in total. The third-order valence-electron chi connectivity index (χ3n) is 7.38. The van der Waals surface area contributed by atoms with Crippen LogP contribution < -0.4 is 4.90 Å². The smallest absolute Gasteiger partial charge is 0.421 e. The van der Waals surface area contributed by atoms with E-state index in [-0.39, 0.29) is 18.2 Å². The van der Waals surface area contributed by atoms with E-state index in [1.54, 1.807) is 39.2 Å². The lowest BCUT2D eigenvalue weighted by Crippen LogP contribution is -2.35. The molecular weight excluding hydrogens is 584 g/mol. The summed E-state index contributed by atoms with van der Waals surface area (Å²) in [5, 5.41) is 9.52. The Morgan fingerprint density at radius 3 is 2.53 bits per heavy atom. The molecule has 3 aromatic heterocycles. The molecular formula is C34H40N6O4Si. The Bertz CT molecular complexity index is 1760. The highest BCUT2D eigenvalue weighted by molar-refractivity contribution is 6.76. The highest BCUT2D eigenvalue weighted by atomic mass is 28.3. The SMILES string of the molecule is CC(C)(C)OC(=O)N(c1cc(C#N)ccn1)c1cc(C2CC2)cc(-c2ccc3ncn(CCC(=O)OCC[Si](C)(C)C)c3c2)n1. The summed E-state index contributed by atoms with van der Waals surface area (Å²) >= 11 is 0. The summed E-state index contributed by atoms with van der Waals surface area (Å²) in [6.45, 7) is 13.1. The fourth-order valence-corrected chi connectivity index (χ4v) is 5.54. The van der Waals surface area contributed by atoms with Gasteiger partial charge in [0.2, 0.25) is 0 Å². The average molecular weight is 625 g/mol. The lowest BCUT2D eigenvalue weighted by atomic mass is 10.1. The fraction of sp³-hybridized carbons (Fsp3) is 0.412. The number of nitriles is 1. The molecule has 1 aliphatic rings. The van der Waals surface area contributed by atoms with Gasteiger partial charge in [-0.3, -0.25) is 4.79 Å². The van der Waals surface area contributed by atoms with Crippen molar-refractivity contribution in [3.05, 3.63) is 66.1 Å². The van der Waals surface area contributed by atoms with Gasteiger partial charge in [0.15, 0.2) is 0 Å². The molecule has 45 heavy (non-hydrogen) atoms. The van der Waals surface area contributed by atoms with Crippen LogP contribution in [0.25, 0.3) is 22.3 Å². The first-order valence-corrected chi connectivity index (χ1v) is 19.0. The van der Waals surface area contributed by atoms with Gasteiger partial charge < -0.3 is 14.0 Å². The number of rotatable bonds is 10. The van der Waals surface area contributed by atoms with Crippen molar-refractivity contribution in [1.29, 1.82) is 5.26 Å². The van der Waals surface area contributed by atoms with Crippen LogP contribution in [0.5, 0.6) is 0 Å². The molecule has 0 atom stereocenters. The number of aryl methyl sites for hydroxylation is 1. The van der Waals surface area contributed by atoms with E-state index >= 15 is 0 Å². The van der Waals surface area contributed by atoms with Crippen molar-refractivity contribution in [3.8, 4) is 17.3 Å². The van der Waals surface area contributed by atoms with Gasteiger partial charge in [-0.05, 0) is 87.5 Å². The van der Waals surface area contributed by atoms with Crippen LogP contribution in [0.4, 0.5) is 16.4 Å². The van der Waals surface area contributed by atoms with Gasteiger partial charge >= 0.3 is 12.1 Å². The molecule has 4 aromatic rings. The number of imidazole rings is 1. The van der Waals surface area contributed by atoms with E-state index in [1.807, 2.05) is 28.8 Å². The Hall–Kier alpha value is -4.56. The van der Waals surface area contributed by atoms with Crippen molar-refractivity contribution in [2.24, 2.45) is 0 Å². The summed E-state index contributed by atoms with van der Waals surface area (Å²) in [5.41, 5.74) is 3.87. The van der Waals surface area contributed by atoms with E-state index in [2.05, 4.69) is 41.7 Å². The Labute approximate surface area is 265 Å². The topological polar surface area (TPSA) is 123 Å². The first-order chi connectivity index (χ1) is 21.3. The van der Waals surface area contributed by atoms with Crippen LogP contribution >= 0.6 is 0 Å². The van der Waals surface area contributed by atoms with Crippen molar-refractivity contribution < 1.29 is 19.1 Å². The number of nitrogens with zero attached hydrogens (tertiary/aromatic N) is 6. The van der Waals surface area contributed by atoms with Crippen LogP contribution in [-0.4, -0.2) is 51.9 Å². The summed E-state index contributed by atoms with van der Waals surface area (Å²) in [6.07, 6.45) is 4.95. The Balaban J connectivity index is 1.48. The number of pyridine rings is 2. The van der Waals surface area contributed by atoms with Crippen molar-refractivity contribution >= 4 is 42.8 Å². The van der Waals surface area contributed by atoms with Crippen LogP contribution in [-0.2, 0) is 20.8 Å². The maximum Gasteiger partial charge on any atom is 0.421 e. The second-order valence-corrected chi connectivity index (χ2v) is 19.3. The fourth-order valence-electron chi connectivity index (χ4n) is 4.82. The number of ether oxygens (including phenoxy) is 2. The lowest BCUT2D eigenvalue weighted by molar-refractivity contribution is -0.143. The van der Waals surface area contributed by atoms with E-state index in [0.717, 1.165) is 41.0 Å². The number of carbonyl (C=O) groups excluding carboxylic acids is 2. The summed E-state index contributed by atoms with van der Waals surface area (Å²) in [6, 6.07) is 16.1. The molecule has 234 valence electrons. The molecule has 1 fully saturated rings. The van der Waals surface area contributed by atoms with Crippen LogP contribution in [0.2, 0.25) is 25.7 Å². The van der Waals surface area contributed by atoms with Crippen molar-refractivity contribution in [1.82, 2.24) is 19.5 Å². The lowest BCUT2D eigenvalue weighted by Gasteiger charge is -2.27. The van der Waals surface area contributed by atoms with Gasteiger partial charge in [0.1, 0.15) is 17.2 Å². The minimum atomic E-state index is -1.28. The van der Waals surface area contributed by atoms with E-state index in [4.69, 9.17) is 14.5 Å². The first kappa shape index (κ1) is 31.8. The molecule has 0 bridgehead atoms. The number of benzene rings is 1. The Kier molecular flexibility index (Phi) is 9.07. The molecule has 3 heterocycles. The highest BCUT2D eigenvalue weighted by Gasteiger charge is 2.31. The molecule has 0 radical (unpaired) electrons. The Morgan fingerprint density at radius 1 is 1.07 bits per heavy atom. The zero-order valence-corrected chi connectivity index (χ0v) is 27.8. The largest absolute Gasteiger partial charge is 0.466 e. The molecule has 0 spiro atoms. The van der Waals surface area contributed by atoms with Gasteiger partial charge in [-0.15, -0.1) is 0 Å². The summed E-state index contributed by atoms with van der Waals surface area (Å²) in [7, 11) is -1.28. The van der Waals surface area contributed by atoms with E-state index in [0.29, 0.717) is 36.1 Å². The molecule has 5 rings (SSSR count). The standard InChI is InChI=1S/C34H40N6O4Si/c1-34(2,3)44-33(42)40(30-17-23(21-35)11-13-36-30)31-20-26(24-7-8-24)18-28(38-31)25-9-10-27-29(19-25)39(22-37-27)14-12-32(41)43-15-16-45(4,5)6/h9-11,13,17-20,22,24H,7-8,12,14-16H2,1-6H3. The number of anilines is 2. The van der Waals surface area contributed by atoms with Gasteiger partial charge in [-0.25, -0.2) is 24.6 Å². The maximum atomic E-state index is 13.6. The number of fused-ring (bicyclic) bond motifs is 1. The maximum absolute atomic E-state index is 13.6. The minimum absolute atomic E-state index is 0.217. The summed E-state index contributed by atoms with van der Waals surface area (Å²) in [4.78, 5) is 41.3. The monoisotopic (exact) mass is 624 g/mol. The predicted molar refractivity (Wildman–Crippen MR) is 176 cm³/mol. The molecule has 1 aliphatic carbocycles. The molecule has 10 nitrogen and oxygen atoms in total. The van der Waals surface area contributed by atoms with Gasteiger partial charge in [-0.1, -0.05) is 25.7 Å². The highest BCUT2D eigenvalue weighted by Crippen LogP contribution is 2.43. The van der Waals surface area contributed by atoms with Crippen LogP contribution in [0.1, 0.15) is 57.1 Å². The summed E-state index contributed by atoms with van der Waals surface area (Å²) < 4.78 is 13.2. The third kappa shape index (κ3) is 8.33. The van der Waals surface area contributed by atoms with Crippen molar-refractivity contribution in [2.75, 3.05) is 11.5 Å². The number of hydrogen-bond donors (Lipinski definition) is 0. The second-order valence-electron chi connectivity index (χ2n) is 13.7. The van der Waals surface area contributed by atoms with Gasteiger partial charge in [0.05, 0.1) is 47.7 Å². The Morgan fingerprint density at radius 2 is 1.84 bits per heavy atom. The number of hydrogen-bond acceptors (Lipinski definition) is 8. The van der Waals surface area contributed by atoms with Gasteiger partial charge in [0, 0.05) is 26.4 Å². The normalized spacial score (nSPS) is 13.4. The third-order valence-corrected chi connectivity index (χ3v) is 9.08. The van der Waals surface area contributed by atoms with Gasteiger partial charge in [0.25, 0.3) is 0 Å². The molecule has 0 saturated heterocycles. The van der Waals surface area contributed by atoms with Crippen molar-refractivity contribution in [3.63, 3.8) is 0 Å². The van der Waals surface area contributed by atoms with Crippen LogP contribution in [0.3, 0.4) is 0 Å². The molecule has 0 aliphatic heterocycles. The minimum Gasteiger partial charge on any atom is -0.466 e. The summed E-state index contributed by atoms with van der Waals surface area (Å²) in [5.74, 6) is 0.762. The second kappa shape index (κ2) is 12.8. The van der Waals surface area contributed by atoms with E-state index < -0.39 is 19.8 Å². The molecule has 11 heteroatoms. The molecule has 0 unspecified atom stereocenters. The molecule has 1 saturated carbocycles. The van der Waals surface area contributed by atoms with Crippen LogP contribution in [0.15, 0.2) is 55.0 Å². The quantitative estimate of drug-likeness (QED) is 0.131. The predicted octanol–water partition coefficient (Wildman–Crippen LogP) is 7.59.